The smallest absolute Gasteiger partial charge is 0.420 e. The molecule has 2 aromatic rings. The second kappa shape index (κ2) is 9.65. The topological polar surface area (TPSA) is 71.0 Å². The summed E-state index contributed by atoms with van der Waals surface area (Å²) in [6.07, 6.45) is 0.0484. The molecule has 0 bridgehead atoms. The van der Waals surface area contributed by atoms with Crippen molar-refractivity contribution in [2.24, 2.45) is 4.99 Å². The molecule has 1 aliphatic rings. The Bertz CT molecular complexity index is 996. The van der Waals surface area contributed by atoms with Crippen molar-refractivity contribution in [3.8, 4) is 5.75 Å². The Morgan fingerprint density at radius 3 is 2.65 bits per heavy atom. The molecule has 2 aromatic carbocycles. The Labute approximate surface area is 187 Å². The van der Waals surface area contributed by atoms with Crippen LogP contribution in [0.3, 0.4) is 0 Å². The molecule has 0 spiro atoms. The summed E-state index contributed by atoms with van der Waals surface area (Å²) in [4.78, 5) is 31.3. The third-order valence-electron chi connectivity index (χ3n) is 4.33. The van der Waals surface area contributed by atoms with E-state index >= 15 is 0 Å². The molecular formula is C21H20ClF2N3O3S. The monoisotopic (exact) mass is 467 g/mol. The number of amides is 2. The molecule has 0 radical (unpaired) electrons. The third-order valence-corrected chi connectivity index (χ3v) is 5.59. The number of thioether (sulfide) groups is 1. The zero-order valence-electron chi connectivity index (χ0n) is 16.8. The van der Waals surface area contributed by atoms with Gasteiger partial charge in [0, 0.05) is 30.3 Å². The van der Waals surface area contributed by atoms with Gasteiger partial charge in [0.1, 0.15) is 11.0 Å². The number of hydrogen-bond donors (Lipinski definition) is 1. The van der Waals surface area contributed by atoms with Crippen LogP contribution in [0.15, 0.2) is 53.5 Å². The third kappa shape index (κ3) is 6.41. The summed E-state index contributed by atoms with van der Waals surface area (Å²) in [6.45, 7) is 4.11. The van der Waals surface area contributed by atoms with Crippen molar-refractivity contribution in [1.82, 2.24) is 4.90 Å². The van der Waals surface area contributed by atoms with Gasteiger partial charge in [0.15, 0.2) is 5.17 Å². The van der Waals surface area contributed by atoms with Crippen LogP contribution in [0, 0.1) is 6.92 Å². The molecule has 1 aliphatic heterocycles. The van der Waals surface area contributed by atoms with E-state index in [2.05, 4.69) is 15.0 Å². The highest BCUT2D eigenvalue weighted by molar-refractivity contribution is 8.15. The number of halogens is 3. The van der Waals surface area contributed by atoms with Gasteiger partial charge < -0.3 is 10.1 Å². The summed E-state index contributed by atoms with van der Waals surface area (Å²) in [5, 5.41) is 2.55. The highest BCUT2D eigenvalue weighted by Gasteiger charge is 2.35. The Kier molecular flexibility index (Phi) is 7.17. The second-order valence-electron chi connectivity index (χ2n) is 6.74. The van der Waals surface area contributed by atoms with Crippen molar-refractivity contribution in [3.05, 3.63) is 54.1 Å². The van der Waals surface area contributed by atoms with Crippen LogP contribution in [0.4, 0.5) is 20.2 Å². The highest BCUT2D eigenvalue weighted by atomic mass is 35.5. The van der Waals surface area contributed by atoms with Crippen LogP contribution >= 0.6 is 23.4 Å². The quantitative estimate of drug-likeness (QED) is 0.597. The van der Waals surface area contributed by atoms with Gasteiger partial charge in [-0.3, -0.25) is 14.5 Å². The van der Waals surface area contributed by atoms with Crippen molar-refractivity contribution in [3.63, 3.8) is 0 Å². The van der Waals surface area contributed by atoms with E-state index in [4.69, 9.17) is 11.6 Å². The lowest BCUT2D eigenvalue weighted by Gasteiger charge is -2.31. The standard InChI is InChI=1S/C21H20ClF2N3O3S/c1-3-27-18(28)12-17(19(29)25-15-6-4-5-13(2)11-15)31-20(27)26-14-7-9-16(10-8-14)30-21(22,23)24/h4-11,17H,3,12H2,1-2H3,(H,25,29). The number of nitrogens with one attached hydrogen (secondary N) is 1. The summed E-state index contributed by atoms with van der Waals surface area (Å²) in [5.41, 5.74) is -1.74. The molecule has 6 nitrogen and oxygen atoms in total. The fourth-order valence-electron chi connectivity index (χ4n) is 2.93. The number of anilines is 1. The summed E-state index contributed by atoms with van der Waals surface area (Å²) in [6, 6.07) is 12.9. The van der Waals surface area contributed by atoms with E-state index in [1.165, 1.54) is 40.9 Å². The molecule has 3 rings (SSSR count). The van der Waals surface area contributed by atoms with Crippen LogP contribution in [-0.4, -0.2) is 39.2 Å². The van der Waals surface area contributed by atoms with Crippen LogP contribution in [0.1, 0.15) is 18.9 Å². The molecule has 1 saturated heterocycles. The Hall–Kier alpha value is -2.65. The molecule has 1 unspecified atom stereocenters. The first kappa shape index (κ1) is 23.0. The van der Waals surface area contributed by atoms with Gasteiger partial charge in [0.2, 0.25) is 11.8 Å². The fourth-order valence-corrected chi connectivity index (χ4v) is 4.18. The average molecular weight is 468 g/mol. The maximum atomic E-state index is 12.7. The van der Waals surface area contributed by atoms with Crippen LogP contribution in [0.25, 0.3) is 0 Å². The molecule has 1 heterocycles. The lowest BCUT2D eigenvalue weighted by molar-refractivity contribution is -0.129. The SMILES string of the molecule is CCN1C(=O)CC(C(=O)Nc2cccc(C)c2)SC1=Nc1ccc(OC(F)(F)Cl)cc1. The normalized spacial score (nSPS) is 18.2. The van der Waals surface area contributed by atoms with Crippen LogP contribution < -0.4 is 10.1 Å². The van der Waals surface area contributed by atoms with Crippen LogP contribution in [0.2, 0.25) is 0 Å². The number of benzene rings is 2. The number of aryl methyl sites for hydroxylation is 1. The molecular weight excluding hydrogens is 448 g/mol. The van der Waals surface area contributed by atoms with E-state index in [0.29, 0.717) is 23.1 Å². The minimum absolute atomic E-state index is 0.0484. The van der Waals surface area contributed by atoms with E-state index in [9.17, 15) is 18.4 Å². The number of amidine groups is 1. The molecule has 0 saturated carbocycles. The summed E-state index contributed by atoms with van der Waals surface area (Å²) in [7, 11) is 0. The number of carbonyl (C=O) groups excluding carboxylic acids is 2. The van der Waals surface area contributed by atoms with Crippen LogP contribution in [0.5, 0.6) is 5.75 Å². The van der Waals surface area contributed by atoms with Crippen molar-refractivity contribution >= 4 is 51.7 Å². The molecule has 1 atom stereocenters. The number of aliphatic imine (C=N–C) groups is 1. The van der Waals surface area contributed by atoms with Gasteiger partial charge in [-0.25, -0.2) is 4.99 Å². The van der Waals surface area contributed by atoms with Gasteiger partial charge in [-0.1, -0.05) is 23.9 Å². The maximum absolute atomic E-state index is 12.7. The molecule has 0 aromatic heterocycles. The molecule has 0 aliphatic carbocycles. The van der Waals surface area contributed by atoms with Crippen LogP contribution in [-0.2, 0) is 9.59 Å². The van der Waals surface area contributed by atoms with E-state index in [-0.39, 0.29) is 24.0 Å². The molecule has 2 amide bonds. The summed E-state index contributed by atoms with van der Waals surface area (Å²) in [5.74, 6) is -0.634. The van der Waals surface area contributed by atoms with Gasteiger partial charge in [-0.15, -0.1) is 8.78 Å². The van der Waals surface area contributed by atoms with Gasteiger partial charge in [0.25, 0.3) is 0 Å². The first-order chi connectivity index (χ1) is 14.6. The molecule has 10 heteroatoms. The number of nitrogens with zero attached hydrogens (tertiary/aromatic N) is 2. The minimum Gasteiger partial charge on any atom is -0.420 e. The van der Waals surface area contributed by atoms with Gasteiger partial charge in [0.05, 0.1) is 5.69 Å². The van der Waals surface area contributed by atoms with Gasteiger partial charge >= 0.3 is 5.57 Å². The molecule has 31 heavy (non-hydrogen) atoms. The number of hydrogen-bond acceptors (Lipinski definition) is 5. The molecule has 164 valence electrons. The minimum atomic E-state index is -3.81. The Balaban J connectivity index is 1.77. The van der Waals surface area contributed by atoms with Crippen molar-refractivity contribution in [1.29, 1.82) is 0 Å². The Morgan fingerprint density at radius 2 is 2.03 bits per heavy atom. The number of ether oxygens (including phenoxy) is 1. The number of rotatable bonds is 6. The van der Waals surface area contributed by atoms with Crippen molar-refractivity contribution in [2.45, 2.75) is 31.1 Å². The Morgan fingerprint density at radius 1 is 1.32 bits per heavy atom. The fraction of sp³-hybridized carbons (Fsp3) is 0.286. The van der Waals surface area contributed by atoms with Crippen molar-refractivity contribution in [2.75, 3.05) is 11.9 Å². The zero-order chi connectivity index (χ0) is 22.6. The largest absolute Gasteiger partial charge is 0.487 e. The predicted molar refractivity (Wildman–Crippen MR) is 118 cm³/mol. The average Bonchev–Trinajstić information content (AvgIpc) is 2.68. The molecule has 1 fully saturated rings. The maximum Gasteiger partial charge on any atom is 0.487 e. The van der Waals surface area contributed by atoms with Gasteiger partial charge in [-0.05, 0) is 55.8 Å². The first-order valence-corrected chi connectivity index (χ1v) is 10.7. The molecule has 1 N–H and O–H groups in total. The van der Waals surface area contributed by atoms with Crippen molar-refractivity contribution < 1.29 is 23.1 Å². The first-order valence-electron chi connectivity index (χ1n) is 9.43. The number of carbonyl (C=O) groups is 2. The summed E-state index contributed by atoms with van der Waals surface area (Å²) >= 11 is 5.94. The van der Waals surface area contributed by atoms with E-state index < -0.39 is 10.8 Å². The van der Waals surface area contributed by atoms with E-state index in [1.807, 2.05) is 25.1 Å². The second-order valence-corrected chi connectivity index (χ2v) is 8.35. The van der Waals surface area contributed by atoms with E-state index in [0.717, 1.165) is 5.56 Å². The van der Waals surface area contributed by atoms with Gasteiger partial charge in [-0.2, -0.15) is 0 Å². The highest BCUT2D eigenvalue weighted by Crippen LogP contribution is 2.31. The zero-order valence-corrected chi connectivity index (χ0v) is 18.3. The predicted octanol–water partition coefficient (Wildman–Crippen LogP) is 5.14. The number of alkyl halides is 3. The summed E-state index contributed by atoms with van der Waals surface area (Å²) < 4.78 is 29.8. The van der Waals surface area contributed by atoms with E-state index in [1.54, 1.807) is 13.0 Å². The lowest BCUT2D eigenvalue weighted by Crippen LogP contribution is -2.45. The lowest BCUT2D eigenvalue weighted by atomic mass is 10.2.